The molecule has 0 aliphatic rings. The number of nitrogens with two attached hydrogens (primary N) is 1. The number of ether oxygens (including phenoxy) is 1. The van der Waals surface area contributed by atoms with Crippen LogP contribution in [0.2, 0.25) is 0 Å². The third-order valence-corrected chi connectivity index (χ3v) is 2.51. The largest absolute Gasteiger partial charge is 0.496 e. The Bertz CT molecular complexity index is 364. The van der Waals surface area contributed by atoms with Crippen molar-refractivity contribution in [3.8, 4) is 5.75 Å². The second-order valence-electron chi connectivity index (χ2n) is 3.56. The van der Waals surface area contributed by atoms with Gasteiger partial charge in [-0.1, -0.05) is 19.4 Å². The van der Waals surface area contributed by atoms with Crippen LogP contribution in [0.1, 0.15) is 35.7 Å². The fourth-order valence-corrected chi connectivity index (χ4v) is 1.66. The standard InChI is InChI=1S/C12H18N2O2/c1-3-4-6-9-10(12(15)14-13)7-5-8-11(9)16-2/h5,7-8H,3-4,6,13H2,1-2H3,(H,14,15). The smallest absolute Gasteiger partial charge is 0.265 e. The van der Waals surface area contributed by atoms with Crippen molar-refractivity contribution in [2.45, 2.75) is 26.2 Å². The van der Waals surface area contributed by atoms with Crippen LogP contribution in [0.4, 0.5) is 0 Å². The zero-order valence-corrected chi connectivity index (χ0v) is 9.75. The van der Waals surface area contributed by atoms with Gasteiger partial charge in [0.05, 0.1) is 7.11 Å². The van der Waals surface area contributed by atoms with Gasteiger partial charge in [-0.05, 0) is 25.0 Å². The molecule has 0 saturated heterocycles. The number of nitrogens with one attached hydrogen (secondary N) is 1. The first-order valence-corrected chi connectivity index (χ1v) is 5.41. The normalized spacial score (nSPS) is 9.94. The number of nitrogen functional groups attached to an aromatic ring is 1. The average molecular weight is 222 g/mol. The summed E-state index contributed by atoms with van der Waals surface area (Å²) in [5, 5.41) is 0. The molecular weight excluding hydrogens is 204 g/mol. The second kappa shape index (κ2) is 6.12. The highest BCUT2D eigenvalue weighted by Crippen LogP contribution is 2.24. The molecule has 1 aromatic rings. The Morgan fingerprint density at radius 3 is 2.81 bits per heavy atom. The van der Waals surface area contributed by atoms with Crippen molar-refractivity contribution in [1.29, 1.82) is 0 Å². The van der Waals surface area contributed by atoms with Crippen molar-refractivity contribution < 1.29 is 9.53 Å². The van der Waals surface area contributed by atoms with Crippen molar-refractivity contribution in [3.05, 3.63) is 29.3 Å². The van der Waals surface area contributed by atoms with E-state index in [0.717, 1.165) is 30.6 Å². The molecule has 88 valence electrons. The van der Waals surface area contributed by atoms with E-state index in [1.807, 2.05) is 6.07 Å². The third-order valence-electron chi connectivity index (χ3n) is 2.51. The summed E-state index contributed by atoms with van der Waals surface area (Å²) < 4.78 is 5.26. The van der Waals surface area contributed by atoms with Crippen LogP contribution in [0.5, 0.6) is 5.75 Å². The monoisotopic (exact) mass is 222 g/mol. The summed E-state index contributed by atoms with van der Waals surface area (Å²) in [5.41, 5.74) is 3.67. The summed E-state index contributed by atoms with van der Waals surface area (Å²) in [4.78, 5) is 11.6. The molecule has 0 aliphatic carbocycles. The first-order valence-electron chi connectivity index (χ1n) is 5.41. The zero-order valence-electron chi connectivity index (χ0n) is 9.75. The summed E-state index contributed by atoms with van der Waals surface area (Å²) in [6.07, 6.45) is 2.91. The maximum absolute atomic E-state index is 11.6. The Balaban J connectivity index is 3.09. The van der Waals surface area contributed by atoms with Crippen LogP contribution < -0.4 is 16.0 Å². The lowest BCUT2D eigenvalue weighted by atomic mass is 10.0. The summed E-state index contributed by atoms with van der Waals surface area (Å²) in [6, 6.07) is 5.41. The fourth-order valence-electron chi connectivity index (χ4n) is 1.66. The molecule has 0 aromatic heterocycles. The molecule has 0 aliphatic heterocycles. The number of carbonyl (C=O) groups excluding carboxylic acids is 1. The van der Waals surface area contributed by atoms with Gasteiger partial charge in [0.2, 0.25) is 0 Å². The molecule has 4 nitrogen and oxygen atoms in total. The molecule has 1 aromatic carbocycles. The maximum atomic E-state index is 11.6. The van der Waals surface area contributed by atoms with Gasteiger partial charge in [-0.25, -0.2) is 5.84 Å². The van der Waals surface area contributed by atoms with Crippen LogP contribution in [-0.4, -0.2) is 13.0 Å². The van der Waals surface area contributed by atoms with E-state index in [9.17, 15) is 4.79 Å². The lowest BCUT2D eigenvalue weighted by molar-refractivity contribution is 0.0952. The quantitative estimate of drug-likeness (QED) is 0.452. The predicted octanol–water partition coefficient (Wildman–Crippen LogP) is 1.64. The van der Waals surface area contributed by atoms with Gasteiger partial charge in [0.1, 0.15) is 5.75 Å². The van der Waals surface area contributed by atoms with E-state index >= 15 is 0 Å². The van der Waals surface area contributed by atoms with Crippen molar-refractivity contribution in [1.82, 2.24) is 5.43 Å². The molecule has 0 radical (unpaired) electrons. The van der Waals surface area contributed by atoms with Gasteiger partial charge in [-0.15, -0.1) is 0 Å². The molecule has 0 fully saturated rings. The number of hydrazine groups is 1. The first-order chi connectivity index (χ1) is 7.74. The molecule has 1 amide bonds. The predicted molar refractivity (Wildman–Crippen MR) is 63.3 cm³/mol. The summed E-state index contributed by atoms with van der Waals surface area (Å²) in [6.45, 7) is 2.11. The minimum absolute atomic E-state index is 0.273. The Morgan fingerprint density at radius 2 is 2.25 bits per heavy atom. The number of amides is 1. The number of carbonyl (C=O) groups is 1. The molecule has 0 bridgehead atoms. The molecule has 0 unspecified atom stereocenters. The molecule has 1 rings (SSSR count). The van der Waals surface area contributed by atoms with Gasteiger partial charge in [-0.2, -0.15) is 0 Å². The minimum Gasteiger partial charge on any atom is -0.496 e. The van der Waals surface area contributed by atoms with Crippen LogP contribution in [0, 0.1) is 0 Å². The number of hydrogen-bond donors (Lipinski definition) is 2. The van der Waals surface area contributed by atoms with Gasteiger partial charge in [0, 0.05) is 11.1 Å². The van der Waals surface area contributed by atoms with Gasteiger partial charge in [-0.3, -0.25) is 10.2 Å². The van der Waals surface area contributed by atoms with E-state index in [2.05, 4.69) is 12.3 Å². The lowest BCUT2D eigenvalue weighted by Gasteiger charge is -2.12. The van der Waals surface area contributed by atoms with Crippen LogP contribution in [0.15, 0.2) is 18.2 Å². The topological polar surface area (TPSA) is 64.3 Å². The highest BCUT2D eigenvalue weighted by atomic mass is 16.5. The van der Waals surface area contributed by atoms with Crippen LogP contribution in [0.25, 0.3) is 0 Å². The molecule has 4 heteroatoms. The molecule has 0 heterocycles. The van der Waals surface area contributed by atoms with E-state index in [-0.39, 0.29) is 5.91 Å². The van der Waals surface area contributed by atoms with Gasteiger partial charge < -0.3 is 4.74 Å². The fraction of sp³-hybridized carbons (Fsp3) is 0.417. The van der Waals surface area contributed by atoms with E-state index in [1.54, 1.807) is 19.2 Å². The average Bonchev–Trinajstić information content (AvgIpc) is 2.34. The second-order valence-corrected chi connectivity index (χ2v) is 3.56. The summed E-state index contributed by atoms with van der Waals surface area (Å²) >= 11 is 0. The Morgan fingerprint density at radius 1 is 1.50 bits per heavy atom. The minimum atomic E-state index is -0.273. The lowest BCUT2D eigenvalue weighted by Crippen LogP contribution is -2.30. The van der Waals surface area contributed by atoms with Crippen molar-refractivity contribution in [2.75, 3.05) is 7.11 Å². The van der Waals surface area contributed by atoms with Crippen LogP contribution in [-0.2, 0) is 6.42 Å². The third kappa shape index (κ3) is 2.73. The highest BCUT2D eigenvalue weighted by Gasteiger charge is 2.13. The number of rotatable bonds is 5. The molecule has 0 saturated carbocycles. The summed E-state index contributed by atoms with van der Waals surface area (Å²) in [5.74, 6) is 5.62. The SMILES string of the molecule is CCCCc1c(OC)cccc1C(=O)NN. The molecule has 16 heavy (non-hydrogen) atoms. The maximum Gasteiger partial charge on any atom is 0.265 e. The van der Waals surface area contributed by atoms with Crippen molar-refractivity contribution in [2.24, 2.45) is 5.84 Å². The molecule has 3 N–H and O–H groups in total. The van der Waals surface area contributed by atoms with Crippen molar-refractivity contribution in [3.63, 3.8) is 0 Å². The molecule has 0 spiro atoms. The Hall–Kier alpha value is -1.55. The van der Waals surface area contributed by atoms with E-state index in [4.69, 9.17) is 10.6 Å². The van der Waals surface area contributed by atoms with Gasteiger partial charge in [0.25, 0.3) is 5.91 Å². The Labute approximate surface area is 95.8 Å². The van der Waals surface area contributed by atoms with E-state index in [1.165, 1.54) is 0 Å². The first kappa shape index (κ1) is 12.5. The zero-order chi connectivity index (χ0) is 12.0. The molecule has 0 atom stereocenters. The molecular formula is C12H18N2O2. The van der Waals surface area contributed by atoms with E-state index in [0.29, 0.717) is 5.56 Å². The highest BCUT2D eigenvalue weighted by molar-refractivity contribution is 5.95. The van der Waals surface area contributed by atoms with Crippen LogP contribution >= 0.6 is 0 Å². The number of methoxy groups -OCH3 is 1. The Kier molecular flexibility index (Phi) is 4.79. The van der Waals surface area contributed by atoms with Gasteiger partial charge >= 0.3 is 0 Å². The van der Waals surface area contributed by atoms with E-state index < -0.39 is 0 Å². The van der Waals surface area contributed by atoms with Crippen LogP contribution in [0.3, 0.4) is 0 Å². The number of benzene rings is 1. The van der Waals surface area contributed by atoms with Crippen molar-refractivity contribution >= 4 is 5.91 Å². The summed E-state index contributed by atoms with van der Waals surface area (Å²) in [7, 11) is 1.61. The number of unbranched alkanes of at least 4 members (excludes halogenated alkanes) is 1. The number of hydrogen-bond acceptors (Lipinski definition) is 3. The van der Waals surface area contributed by atoms with Gasteiger partial charge in [0.15, 0.2) is 0 Å².